The summed E-state index contributed by atoms with van der Waals surface area (Å²) in [4.78, 5) is 0. The van der Waals surface area contributed by atoms with Crippen molar-refractivity contribution in [1.82, 2.24) is 9.78 Å². The van der Waals surface area contributed by atoms with Gasteiger partial charge in [-0.2, -0.15) is 14.9 Å². The number of rotatable bonds is 3. The minimum absolute atomic E-state index is 0.120. The van der Waals surface area contributed by atoms with E-state index in [-0.39, 0.29) is 17.8 Å². The van der Waals surface area contributed by atoms with E-state index < -0.39 is 29.8 Å². The SMILES string of the molecule is CC1(C)OB(c2cn([C@]3(CC#N)C[C@@H](C#N)C3)nc2F)OC1(C)C. The summed E-state index contributed by atoms with van der Waals surface area (Å²) in [6, 6.07) is 4.31. The van der Waals surface area contributed by atoms with E-state index in [1.165, 1.54) is 4.68 Å². The van der Waals surface area contributed by atoms with Crippen molar-refractivity contribution in [2.24, 2.45) is 5.92 Å². The van der Waals surface area contributed by atoms with E-state index in [1.807, 2.05) is 27.7 Å². The van der Waals surface area contributed by atoms with Gasteiger partial charge in [-0.25, -0.2) is 0 Å². The summed E-state index contributed by atoms with van der Waals surface area (Å²) in [5, 5.41) is 22.1. The average Bonchev–Trinajstić information content (AvgIpc) is 2.92. The van der Waals surface area contributed by atoms with Gasteiger partial charge in [0.2, 0.25) is 5.95 Å². The van der Waals surface area contributed by atoms with Gasteiger partial charge in [0.15, 0.2) is 0 Å². The maximum Gasteiger partial charge on any atom is 0.501 e. The zero-order valence-electron chi connectivity index (χ0n) is 14.3. The highest BCUT2D eigenvalue weighted by Gasteiger charge is 2.54. The minimum Gasteiger partial charge on any atom is -0.399 e. The van der Waals surface area contributed by atoms with Crippen LogP contribution in [0.2, 0.25) is 0 Å². The van der Waals surface area contributed by atoms with E-state index in [4.69, 9.17) is 19.8 Å². The molecule has 1 aromatic rings. The summed E-state index contributed by atoms with van der Waals surface area (Å²) in [6.07, 6.45) is 2.75. The number of aromatic nitrogens is 2. The van der Waals surface area contributed by atoms with Crippen LogP contribution >= 0.6 is 0 Å². The first kappa shape index (κ1) is 16.9. The molecule has 0 amide bonds. The third kappa shape index (κ3) is 2.42. The second kappa shape index (κ2) is 5.30. The average molecular weight is 330 g/mol. The Bertz CT molecular complexity index is 724. The predicted octanol–water partition coefficient (Wildman–Crippen LogP) is 1.86. The van der Waals surface area contributed by atoms with Gasteiger partial charge in [-0.05, 0) is 40.5 Å². The van der Waals surface area contributed by atoms with E-state index in [0.717, 1.165) is 0 Å². The summed E-state index contributed by atoms with van der Waals surface area (Å²) in [5.74, 6) is -0.780. The zero-order chi connectivity index (χ0) is 17.8. The van der Waals surface area contributed by atoms with Crippen molar-refractivity contribution < 1.29 is 13.7 Å². The van der Waals surface area contributed by atoms with Gasteiger partial charge in [0.1, 0.15) is 0 Å². The number of hydrogen-bond donors (Lipinski definition) is 0. The van der Waals surface area contributed by atoms with Crippen molar-refractivity contribution >= 4 is 12.6 Å². The Balaban J connectivity index is 1.89. The fourth-order valence-electron chi connectivity index (χ4n) is 3.25. The molecule has 24 heavy (non-hydrogen) atoms. The summed E-state index contributed by atoms with van der Waals surface area (Å²) in [7, 11) is -0.838. The lowest BCUT2D eigenvalue weighted by molar-refractivity contribution is 0.00578. The Labute approximate surface area is 141 Å². The second-order valence-electron chi connectivity index (χ2n) is 7.70. The molecule has 1 saturated carbocycles. The first-order chi connectivity index (χ1) is 11.1. The third-order valence-corrected chi connectivity index (χ3v) is 5.53. The lowest BCUT2D eigenvalue weighted by atomic mass is 9.67. The quantitative estimate of drug-likeness (QED) is 0.790. The molecule has 8 heteroatoms. The second-order valence-corrected chi connectivity index (χ2v) is 7.70. The van der Waals surface area contributed by atoms with E-state index in [1.54, 1.807) is 6.20 Å². The Morgan fingerprint density at radius 3 is 2.38 bits per heavy atom. The Morgan fingerprint density at radius 2 is 1.88 bits per heavy atom. The van der Waals surface area contributed by atoms with Gasteiger partial charge in [0.05, 0.1) is 46.7 Å². The molecule has 1 saturated heterocycles. The normalized spacial score (nSPS) is 30.5. The number of hydrogen-bond acceptors (Lipinski definition) is 5. The molecule has 0 bridgehead atoms. The van der Waals surface area contributed by atoms with Crippen LogP contribution in [0, 0.1) is 34.5 Å². The maximum atomic E-state index is 14.4. The van der Waals surface area contributed by atoms with Gasteiger partial charge in [0.25, 0.3) is 0 Å². The van der Waals surface area contributed by atoms with Crippen LogP contribution in [-0.4, -0.2) is 28.1 Å². The molecule has 1 aliphatic heterocycles. The molecule has 0 radical (unpaired) electrons. The summed E-state index contributed by atoms with van der Waals surface area (Å²) in [6.45, 7) is 7.60. The largest absolute Gasteiger partial charge is 0.501 e. The number of nitriles is 2. The summed E-state index contributed by atoms with van der Waals surface area (Å²) >= 11 is 0. The Morgan fingerprint density at radius 1 is 1.29 bits per heavy atom. The molecule has 3 rings (SSSR count). The highest BCUT2D eigenvalue weighted by molar-refractivity contribution is 6.62. The molecular formula is C16H20BFN4O2. The lowest BCUT2D eigenvalue weighted by Gasteiger charge is -2.43. The smallest absolute Gasteiger partial charge is 0.399 e. The van der Waals surface area contributed by atoms with Crippen LogP contribution in [-0.2, 0) is 14.8 Å². The lowest BCUT2D eigenvalue weighted by Crippen LogP contribution is -2.46. The van der Waals surface area contributed by atoms with Crippen LogP contribution in [0.4, 0.5) is 4.39 Å². The van der Waals surface area contributed by atoms with E-state index in [0.29, 0.717) is 12.8 Å². The molecule has 2 aliphatic rings. The Hall–Kier alpha value is -1.90. The van der Waals surface area contributed by atoms with Crippen LogP contribution in [0.1, 0.15) is 47.0 Å². The van der Waals surface area contributed by atoms with Crippen LogP contribution in [0.5, 0.6) is 0 Å². The fourth-order valence-corrected chi connectivity index (χ4v) is 3.25. The standard InChI is InChI=1S/C16H20BFN4O2/c1-14(2)15(3,4)24-17(23-14)12-10-22(21-13(12)18)16(5-6-19)7-11(8-16)9-20/h10-11H,5,7-8H2,1-4H3/t11-,16-. The van der Waals surface area contributed by atoms with Crippen molar-refractivity contribution in [3.63, 3.8) is 0 Å². The molecule has 126 valence electrons. The fraction of sp³-hybridized carbons (Fsp3) is 0.688. The molecular weight excluding hydrogens is 310 g/mol. The van der Waals surface area contributed by atoms with Gasteiger partial charge in [0, 0.05) is 6.20 Å². The third-order valence-electron chi connectivity index (χ3n) is 5.53. The van der Waals surface area contributed by atoms with Gasteiger partial charge in [-0.3, -0.25) is 4.68 Å². The molecule has 0 aromatic carbocycles. The predicted molar refractivity (Wildman–Crippen MR) is 84.4 cm³/mol. The Kier molecular flexibility index (Phi) is 3.74. The monoisotopic (exact) mass is 330 g/mol. The van der Waals surface area contributed by atoms with Crippen molar-refractivity contribution in [3.8, 4) is 12.1 Å². The topological polar surface area (TPSA) is 83.9 Å². The first-order valence-electron chi connectivity index (χ1n) is 8.02. The number of halogens is 1. The highest BCUT2D eigenvalue weighted by Crippen LogP contribution is 2.45. The molecule has 1 aromatic heterocycles. The van der Waals surface area contributed by atoms with Gasteiger partial charge in [-0.15, -0.1) is 5.10 Å². The van der Waals surface area contributed by atoms with E-state index in [2.05, 4.69) is 17.2 Å². The van der Waals surface area contributed by atoms with Gasteiger partial charge >= 0.3 is 7.12 Å². The first-order valence-corrected chi connectivity index (χ1v) is 8.02. The minimum atomic E-state index is -0.838. The van der Waals surface area contributed by atoms with Crippen LogP contribution in [0.3, 0.4) is 0 Å². The van der Waals surface area contributed by atoms with Crippen molar-refractivity contribution in [1.29, 1.82) is 10.5 Å². The summed E-state index contributed by atoms with van der Waals surface area (Å²) in [5.41, 5.74) is -1.53. The molecule has 1 aliphatic carbocycles. The van der Waals surface area contributed by atoms with Crippen LogP contribution in [0.15, 0.2) is 6.20 Å². The van der Waals surface area contributed by atoms with Gasteiger partial charge < -0.3 is 9.31 Å². The molecule has 6 nitrogen and oxygen atoms in total. The summed E-state index contributed by atoms with van der Waals surface area (Å²) < 4.78 is 27.7. The van der Waals surface area contributed by atoms with Crippen LogP contribution < -0.4 is 5.46 Å². The highest BCUT2D eigenvalue weighted by atomic mass is 19.1. The molecule has 0 N–H and O–H groups in total. The zero-order valence-corrected chi connectivity index (χ0v) is 14.3. The maximum absolute atomic E-state index is 14.4. The van der Waals surface area contributed by atoms with Crippen LogP contribution in [0.25, 0.3) is 0 Å². The molecule has 2 fully saturated rings. The number of nitrogens with zero attached hydrogens (tertiary/aromatic N) is 4. The molecule has 0 atom stereocenters. The van der Waals surface area contributed by atoms with Crippen molar-refractivity contribution in [2.45, 2.75) is 63.7 Å². The van der Waals surface area contributed by atoms with Crippen molar-refractivity contribution in [2.75, 3.05) is 0 Å². The van der Waals surface area contributed by atoms with E-state index in [9.17, 15) is 4.39 Å². The van der Waals surface area contributed by atoms with Crippen molar-refractivity contribution in [3.05, 3.63) is 12.1 Å². The molecule has 2 heterocycles. The molecule has 0 unspecified atom stereocenters. The van der Waals surface area contributed by atoms with E-state index >= 15 is 0 Å². The van der Waals surface area contributed by atoms with Gasteiger partial charge in [-0.1, -0.05) is 0 Å². The molecule has 0 spiro atoms.